The fraction of sp³-hybridized carbons (Fsp3) is 0.125. The molecule has 1 amide bonds. The molecule has 0 aromatic heterocycles. The lowest BCUT2D eigenvalue weighted by atomic mass is 10.1. The van der Waals surface area contributed by atoms with Crippen molar-refractivity contribution in [3.05, 3.63) is 58.1 Å². The monoisotopic (exact) mass is 318 g/mol. The number of rotatable bonds is 4. The summed E-state index contributed by atoms with van der Waals surface area (Å²) in [5.74, 6) is -0.163. The molecule has 0 saturated heterocycles. The SMILES string of the molecule is Cc1cc(Cl)cc(C=NNC(=O)Cc2cccc(O)c2)c1O. The van der Waals surface area contributed by atoms with Crippen molar-refractivity contribution < 1.29 is 15.0 Å². The molecule has 0 unspecified atom stereocenters. The Bertz CT molecular complexity index is 729. The van der Waals surface area contributed by atoms with Gasteiger partial charge in [-0.05, 0) is 42.3 Å². The molecule has 2 aromatic rings. The predicted molar refractivity (Wildman–Crippen MR) is 85.4 cm³/mol. The number of benzene rings is 2. The molecule has 0 spiro atoms. The van der Waals surface area contributed by atoms with Crippen LogP contribution < -0.4 is 5.43 Å². The van der Waals surface area contributed by atoms with Crippen molar-refractivity contribution in [2.24, 2.45) is 5.10 Å². The second-order valence-electron chi connectivity index (χ2n) is 4.80. The Kier molecular flexibility index (Phi) is 5.01. The average molecular weight is 319 g/mol. The van der Waals surface area contributed by atoms with E-state index in [0.29, 0.717) is 21.7 Å². The normalized spacial score (nSPS) is 10.8. The van der Waals surface area contributed by atoms with Crippen LogP contribution in [0.5, 0.6) is 11.5 Å². The van der Waals surface area contributed by atoms with E-state index in [9.17, 15) is 15.0 Å². The predicted octanol–water partition coefficient (Wildman–Crippen LogP) is 2.75. The highest BCUT2D eigenvalue weighted by atomic mass is 35.5. The highest BCUT2D eigenvalue weighted by Gasteiger charge is 2.05. The summed E-state index contributed by atoms with van der Waals surface area (Å²) in [6.07, 6.45) is 1.42. The first-order chi connectivity index (χ1) is 10.5. The van der Waals surface area contributed by atoms with Crippen molar-refractivity contribution in [3.8, 4) is 11.5 Å². The standard InChI is InChI=1S/C16H15ClN2O3/c1-10-5-13(17)8-12(16(10)22)9-18-19-15(21)7-11-3-2-4-14(20)6-11/h2-6,8-9,20,22H,7H2,1H3,(H,19,21). The molecule has 22 heavy (non-hydrogen) atoms. The van der Waals surface area contributed by atoms with Gasteiger partial charge in [0, 0.05) is 10.6 Å². The van der Waals surface area contributed by atoms with E-state index in [-0.39, 0.29) is 23.8 Å². The molecule has 0 aliphatic carbocycles. The van der Waals surface area contributed by atoms with E-state index in [0.717, 1.165) is 0 Å². The summed E-state index contributed by atoms with van der Waals surface area (Å²) in [6.45, 7) is 1.72. The van der Waals surface area contributed by atoms with Crippen LogP contribution in [0.25, 0.3) is 0 Å². The molecule has 0 saturated carbocycles. The minimum atomic E-state index is -0.333. The highest BCUT2D eigenvalue weighted by Crippen LogP contribution is 2.24. The number of phenols is 2. The van der Waals surface area contributed by atoms with Gasteiger partial charge in [0.05, 0.1) is 12.6 Å². The van der Waals surface area contributed by atoms with Crippen LogP contribution in [0.4, 0.5) is 0 Å². The van der Waals surface area contributed by atoms with E-state index in [2.05, 4.69) is 10.5 Å². The molecule has 6 heteroatoms. The van der Waals surface area contributed by atoms with Gasteiger partial charge in [-0.25, -0.2) is 5.43 Å². The van der Waals surface area contributed by atoms with Gasteiger partial charge in [0.1, 0.15) is 11.5 Å². The number of hydrogen-bond acceptors (Lipinski definition) is 4. The molecule has 0 aliphatic heterocycles. The van der Waals surface area contributed by atoms with Gasteiger partial charge >= 0.3 is 0 Å². The maximum atomic E-state index is 11.7. The second kappa shape index (κ2) is 6.95. The molecule has 0 aliphatic rings. The molecule has 2 rings (SSSR count). The van der Waals surface area contributed by atoms with Crippen LogP contribution in [0.15, 0.2) is 41.5 Å². The lowest BCUT2D eigenvalue weighted by Gasteiger charge is -2.04. The summed E-state index contributed by atoms with van der Waals surface area (Å²) in [5.41, 5.74) is 4.08. The molecule has 0 atom stereocenters. The minimum absolute atomic E-state index is 0.0652. The number of nitrogens with one attached hydrogen (secondary N) is 1. The zero-order valence-electron chi connectivity index (χ0n) is 11.9. The first-order valence-corrected chi connectivity index (χ1v) is 6.92. The van der Waals surface area contributed by atoms with Crippen LogP contribution in [-0.4, -0.2) is 22.3 Å². The van der Waals surface area contributed by atoms with Crippen molar-refractivity contribution in [2.45, 2.75) is 13.3 Å². The zero-order chi connectivity index (χ0) is 16.1. The Hall–Kier alpha value is -2.53. The third-order valence-electron chi connectivity index (χ3n) is 2.96. The van der Waals surface area contributed by atoms with Crippen molar-refractivity contribution in [2.75, 3.05) is 0 Å². The molecule has 114 valence electrons. The van der Waals surface area contributed by atoms with Crippen molar-refractivity contribution in [1.29, 1.82) is 0 Å². The largest absolute Gasteiger partial charge is 0.508 e. The number of nitrogens with zero attached hydrogens (tertiary/aromatic N) is 1. The number of hydrogen-bond donors (Lipinski definition) is 3. The lowest BCUT2D eigenvalue weighted by molar-refractivity contribution is -0.120. The van der Waals surface area contributed by atoms with Crippen LogP contribution in [0.1, 0.15) is 16.7 Å². The molecular formula is C16H15ClN2O3. The van der Waals surface area contributed by atoms with Crippen LogP contribution in [-0.2, 0) is 11.2 Å². The Morgan fingerprint density at radius 2 is 2.09 bits per heavy atom. The van der Waals surface area contributed by atoms with Gasteiger partial charge in [-0.15, -0.1) is 0 Å². The maximum Gasteiger partial charge on any atom is 0.244 e. The van der Waals surface area contributed by atoms with Crippen LogP contribution >= 0.6 is 11.6 Å². The fourth-order valence-electron chi connectivity index (χ4n) is 1.93. The van der Waals surface area contributed by atoms with Gasteiger partial charge < -0.3 is 10.2 Å². The topological polar surface area (TPSA) is 81.9 Å². The Morgan fingerprint density at radius 1 is 1.32 bits per heavy atom. The average Bonchev–Trinajstić information content (AvgIpc) is 2.44. The molecular weight excluding hydrogens is 304 g/mol. The third kappa shape index (κ3) is 4.23. The summed E-state index contributed by atoms with van der Waals surface area (Å²) >= 11 is 5.90. The number of carbonyl (C=O) groups excluding carboxylic acids is 1. The number of carbonyl (C=O) groups is 1. The maximum absolute atomic E-state index is 11.7. The highest BCUT2D eigenvalue weighted by molar-refractivity contribution is 6.31. The first kappa shape index (κ1) is 15.9. The van der Waals surface area contributed by atoms with Gasteiger partial charge in [-0.1, -0.05) is 23.7 Å². The molecule has 0 fully saturated rings. The number of phenolic OH excluding ortho intramolecular Hbond substituents is 2. The van der Waals surface area contributed by atoms with E-state index in [1.165, 1.54) is 18.3 Å². The van der Waals surface area contributed by atoms with E-state index in [1.807, 2.05) is 0 Å². The van der Waals surface area contributed by atoms with Crippen molar-refractivity contribution in [1.82, 2.24) is 5.43 Å². The number of amides is 1. The number of aryl methyl sites for hydroxylation is 1. The second-order valence-corrected chi connectivity index (χ2v) is 5.24. The van der Waals surface area contributed by atoms with Crippen molar-refractivity contribution in [3.63, 3.8) is 0 Å². The molecule has 0 bridgehead atoms. The van der Waals surface area contributed by atoms with Gasteiger partial charge in [-0.2, -0.15) is 5.10 Å². The lowest BCUT2D eigenvalue weighted by Crippen LogP contribution is -2.19. The summed E-state index contributed by atoms with van der Waals surface area (Å²) in [5, 5.41) is 23.5. The molecule has 0 heterocycles. The number of halogens is 1. The first-order valence-electron chi connectivity index (χ1n) is 6.54. The Balaban J connectivity index is 1.99. The van der Waals surface area contributed by atoms with E-state index >= 15 is 0 Å². The molecule has 3 N–H and O–H groups in total. The van der Waals surface area contributed by atoms with Gasteiger partial charge in [0.15, 0.2) is 0 Å². The van der Waals surface area contributed by atoms with E-state index in [1.54, 1.807) is 31.2 Å². The molecule has 0 radical (unpaired) electrons. The molecule has 5 nitrogen and oxygen atoms in total. The van der Waals surface area contributed by atoms with Gasteiger partial charge in [0.25, 0.3) is 0 Å². The third-order valence-corrected chi connectivity index (χ3v) is 3.18. The molecule has 2 aromatic carbocycles. The summed E-state index contributed by atoms with van der Waals surface area (Å²) in [6, 6.07) is 9.62. The number of aromatic hydroxyl groups is 2. The Labute approximate surface area is 132 Å². The fourth-order valence-corrected chi connectivity index (χ4v) is 2.21. The van der Waals surface area contributed by atoms with Gasteiger partial charge in [-0.3, -0.25) is 4.79 Å². The van der Waals surface area contributed by atoms with E-state index in [4.69, 9.17) is 11.6 Å². The van der Waals surface area contributed by atoms with Crippen LogP contribution in [0.3, 0.4) is 0 Å². The summed E-state index contributed by atoms with van der Waals surface area (Å²) in [7, 11) is 0. The quantitative estimate of drug-likeness (QED) is 0.599. The van der Waals surface area contributed by atoms with Gasteiger partial charge in [0.2, 0.25) is 5.91 Å². The summed E-state index contributed by atoms with van der Waals surface area (Å²) < 4.78 is 0. The van der Waals surface area contributed by atoms with Crippen LogP contribution in [0.2, 0.25) is 5.02 Å². The van der Waals surface area contributed by atoms with Crippen LogP contribution in [0, 0.1) is 6.92 Å². The van der Waals surface area contributed by atoms with Crippen molar-refractivity contribution >= 4 is 23.7 Å². The van der Waals surface area contributed by atoms with E-state index < -0.39 is 0 Å². The number of hydrazone groups is 1. The Morgan fingerprint density at radius 3 is 2.82 bits per heavy atom. The zero-order valence-corrected chi connectivity index (χ0v) is 12.6. The smallest absolute Gasteiger partial charge is 0.244 e. The minimum Gasteiger partial charge on any atom is -0.508 e. The summed E-state index contributed by atoms with van der Waals surface area (Å²) in [4.78, 5) is 11.7.